The van der Waals surface area contributed by atoms with Gasteiger partial charge >= 0.3 is 0 Å². The molecule has 0 saturated carbocycles. The lowest BCUT2D eigenvalue weighted by molar-refractivity contribution is 0.838. The molecule has 0 aromatic carbocycles. The fourth-order valence-electron chi connectivity index (χ4n) is 1.94. The van der Waals surface area contributed by atoms with Crippen LogP contribution >= 0.6 is 22.9 Å². The van der Waals surface area contributed by atoms with Gasteiger partial charge in [0.2, 0.25) is 0 Å². The summed E-state index contributed by atoms with van der Waals surface area (Å²) in [5, 5.41) is 5.00. The molecule has 1 unspecified atom stereocenters. The van der Waals surface area contributed by atoms with Crippen LogP contribution in [0.4, 0.5) is 5.82 Å². The van der Waals surface area contributed by atoms with Crippen molar-refractivity contribution < 1.29 is 0 Å². The molecule has 0 radical (unpaired) electrons. The molecule has 108 valence electrons. The van der Waals surface area contributed by atoms with Crippen LogP contribution in [0.1, 0.15) is 48.7 Å². The van der Waals surface area contributed by atoms with Crippen molar-refractivity contribution in [2.45, 2.75) is 46.1 Å². The van der Waals surface area contributed by atoms with Gasteiger partial charge in [-0.25, -0.2) is 15.0 Å². The van der Waals surface area contributed by atoms with E-state index in [2.05, 4.69) is 41.0 Å². The van der Waals surface area contributed by atoms with Crippen LogP contribution in [-0.2, 0) is 12.8 Å². The van der Waals surface area contributed by atoms with Gasteiger partial charge in [-0.2, -0.15) is 0 Å². The molecule has 20 heavy (non-hydrogen) atoms. The van der Waals surface area contributed by atoms with Crippen LogP contribution in [0.5, 0.6) is 0 Å². The smallest absolute Gasteiger partial charge is 0.137 e. The number of anilines is 1. The minimum absolute atomic E-state index is 0.113. The second kappa shape index (κ2) is 6.99. The molecule has 1 N–H and O–H groups in total. The second-order valence-corrected chi connectivity index (χ2v) is 6.13. The van der Waals surface area contributed by atoms with E-state index in [1.807, 2.05) is 6.20 Å². The van der Waals surface area contributed by atoms with Gasteiger partial charge in [0, 0.05) is 16.6 Å². The van der Waals surface area contributed by atoms with Crippen LogP contribution < -0.4 is 5.32 Å². The van der Waals surface area contributed by atoms with Gasteiger partial charge in [-0.05, 0) is 19.8 Å². The molecule has 0 spiro atoms. The van der Waals surface area contributed by atoms with Crippen molar-refractivity contribution in [1.29, 1.82) is 0 Å². The lowest BCUT2D eigenvalue weighted by atomic mass is 10.2. The van der Waals surface area contributed by atoms with E-state index < -0.39 is 0 Å². The molecule has 4 nitrogen and oxygen atoms in total. The van der Waals surface area contributed by atoms with E-state index in [-0.39, 0.29) is 6.04 Å². The summed E-state index contributed by atoms with van der Waals surface area (Å²) in [5.41, 5.74) is 0.982. The summed E-state index contributed by atoms with van der Waals surface area (Å²) in [6.45, 7) is 6.34. The summed E-state index contributed by atoms with van der Waals surface area (Å²) in [5.74, 6) is 0.813. The van der Waals surface area contributed by atoms with Crippen molar-refractivity contribution in [2.75, 3.05) is 5.32 Å². The van der Waals surface area contributed by atoms with E-state index >= 15 is 0 Å². The molecule has 2 rings (SSSR count). The first kappa shape index (κ1) is 15.2. The van der Waals surface area contributed by atoms with E-state index in [1.54, 1.807) is 11.3 Å². The highest BCUT2D eigenvalue weighted by atomic mass is 35.5. The van der Waals surface area contributed by atoms with Crippen molar-refractivity contribution in [3.63, 3.8) is 0 Å². The standard InChI is InChI=1S/C14H19ClN4S/c1-4-6-11-12(15)17-8-18-13(11)19-9(3)14-16-7-10(5-2)20-14/h7-9H,4-6H2,1-3H3,(H,17,18,19). The Hall–Kier alpha value is -1.20. The van der Waals surface area contributed by atoms with Crippen molar-refractivity contribution >= 4 is 28.8 Å². The summed E-state index contributed by atoms with van der Waals surface area (Å²) in [7, 11) is 0. The van der Waals surface area contributed by atoms with Crippen LogP contribution in [-0.4, -0.2) is 15.0 Å². The Morgan fingerprint density at radius 3 is 2.75 bits per heavy atom. The number of hydrogen-bond acceptors (Lipinski definition) is 5. The minimum Gasteiger partial charge on any atom is -0.361 e. The third-order valence-corrected chi connectivity index (χ3v) is 4.69. The van der Waals surface area contributed by atoms with Crippen molar-refractivity contribution in [2.24, 2.45) is 0 Å². The first-order valence-corrected chi connectivity index (χ1v) is 8.05. The number of aryl methyl sites for hydroxylation is 1. The highest BCUT2D eigenvalue weighted by Crippen LogP contribution is 2.27. The molecule has 0 aliphatic rings. The van der Waals surface area contributed by atoms with Crippen LogP contribution in [0, 0.1) is 0 Å². The average Bonchev–Trinajstić information content (AvgIpc) is 2.91. The molecule has 2 heterocycles. The highest BCUT2D eigenvalue weighted by molar-refractivity contribution is 7.11. The Kier molecular flexibility index (Phi) is 5.31. The van der Waals surface area contributed by atoms with Crippen LogP contribution in [0.2, 0.25) is 5.15 Å². The first-order chi connectivity index (χ1) is 9.65. The molecule has 0 aliphatic carbocycles. The van der Waals surface area contributed by atoms with E-state index in [0.717, 1.165) is 35.7 Å². The van der Waals surface area contributed by atoms with Gasteiger partial charge in [0.25, 0.3) is 0 Å². The summed E-state index contributed by atoms with van der Waals surface area (Å²) >= 11 is 7.89. The maximum atomic E-state index is 6.16. The fraction of sp³-hybridized carbons (Fsp3) is 0.500. The summed E-state index contributed by atoms with van der Waals surface area (Å²) in [4.78, 5) is 14.1. The van der Waals surface area contributed by atoms with Gasteiger partial charge in [0.15, 0.2) is 0 Å². The van der Waals surface area contributed by atoms with Crippen LogP contribution in [0.25, 0.3) is 0 Å². The van der Waals surface area contributed by atoms with E-state index in [9.17, 15) is 0 Å². The number of halogens is 1. The maximum Gasteiger partial charge on any atom is 0.137 e. The third-order valence-electron chi connectivity index (χ3n) is 3.04. The number of nitrogens with zero attached hydrogens (tertiary/aromatic N) is 3. The van der Waals surface area contributed by atoms with Gasteiger partial charge in [0.1, 0.15) is 22.3 Å². The van der Waals surface area contributed by atoms with Crippen molar-refractivity contribution in [3.05, 3.63) is 33.1 Å². The first-order valence-electron chi connectivity index (χ1n) is 6.86. The quantitative estimate of drug-likeness (QED) is 0.809. The Bertz CT molecular complexity index is 570. The Morgan fingerprint density at radius 1 is 1.30 bits per heavy atom. The van der Waals surface area contributed by atoms with Crippen molar-refractivity contribution in [3.8, 4) is 0 Å². The number of hydrogen-bond donors (Lipinski definition) is 1. The Labute approximate surface area is 128 Å². The predicted molar refractivity (Wildman–Crippen MR) is 84.6 cm³/mol. The monoisotopic (exact) mass is 310 g/mol. The zero-order chi connectivity index (χ0) is 14.5. The van der Waals surface area contributed by atoms with E-state index in [0.29, 0.717) is 5.15 Å². The predicted octanol–water partition coefficient (Wildman–Crippen LogP) is 4.27. The summed E-state index contributed by atoms with van der Waals surface area (Å²) in [6, 6.07) is 0.113. The average molecular weight is 311 g/mol. The minimum atomic E-state index is 0.113. The summed E-state index contributed by atoms with van der Waals surface area (Å²) < 4.78 is 0. The number of rotatable bonds is 6. The molecule has 6 heteroatoms. The largest absolute Gasteiger partial charge is 0.361 e. The zero-order valence-electron chi connectivity index (χ0n) is 12.0. The SMILES string of the molecule is CCCc1c(Cl)ncnc1NC(C)c1ncc(CC)s1. The van der Waals surface area contributed by atoms with Crippen molar-refractivity contribution in [1.82, 2.24) is 15.0 Å². The summed E-state index contributed by atoms with van der Waals surface area (Å²) in [6.07, 6.45) is 6.33. The van der Waals surface area contributed by atoms with Crippen LogP contribution in [0.3, 0.4) is 0 Å². The zero-order valence-corrected chi connectivity index (χ0v) is 13.6. The van der Waals surface area contributed by atoms with E-state index in [1.165, 1.54) is 11.2 Å². The molecule has 2 aromatic heterocycles. The normalized spacial score (nSPS) is 12.4. The number of nitrogens with one attached hydrogen (secondary N) is 1. The maximum absolute atomic E-state index is 6.16. The molecule has 1 atom stereocenters. The van der Waals surface area contributed by atoms with Gasteiger partial charge < -0.3 is 5.32 Å². The van der Waals surface area contributed by atoms with Gasteiger partial charge in [-0.1, -0.05) is 31.9 Å². The molecule has 2 aromatic rings. The number of thiazole rings is 1. The second-order valence-electron chi connectivity index (χ2n) is 4.63. The van der Waals surface area contributed by atoms with Gasteiger partial charge in [-0.3, -0.25) is 0 Å². The molecule has 0 aliphatic heterocycles. The molecule has 0 saturated heterocycles. The molecule has 0 fully saturated rings. The van der Waals surface area contributed by atoms with Gasteiger partial charge in [0.05, 0.1) is 6.04 Å². The highest BCUT2D eigenvalue weighted by Gasteiger charge is 2.14. The number of aromatic nitrogens is 3. The molecule has 0 bridgehead atoms. The third kappa shape index (κ3) is 3.46. The van der Waals surface area contributed by atoms with Crippen LogP contribution in [0.15, 0.2) is 12.5 Å². The molecule has 0 amide bonds. The van der Waals surface area contributed by atoms with E-state index in [4.69, 9.17) is 11.6 Å². The Morgan fingerprint density at radius 2 is 2.10 bits per heavy atom. The van der Waals surface area contributed by atoms with Gasteiger partial charge in [-0.15, -0.1) is 11.3 Å². The topological polar surface area (TPSA) is 50.7 Å². The Balaban J connectivity index is 2.18. The fourth-order valence-corrected chi connectivity index (χ4v) is 3.03. The lowest BCUT2D eigenvalue weighted by Gasteiger charge is -2.15. The lowest BCUT2D eigenvalue weighted by Crippen LogP contribution is -2.10. The molecular formula is C14H19ClN4S. The molecular weight excluding hydrogens is 292 g/mol.